The molecule has 101 heavy (non-hydrogen) atoms. The van der Waals surface area contributed by atoms with Gasteiger partial charge in [0.1, 0.15) is 17.1 Å². The lowest BCUT2D eigenvalue weighted by atomic mass is 10.3. The highest BCUT2D eigenvalue weighted by Gasteiger charge is 2.23. The van der Waals surface area contributed by atoms with E-state index in [0.29, 0.717) is 31.1 Å². The van der Waals surface area contributed by atoms with Crippen molar-refractivity contribution in [3.05, 3.63) is 120 Å². The molecule has 536 valence electrons. The fourth-order valence-corrected chi connectivity index (χ4v) is 9.74. The first-order chi connectivity index (χ1) is 48.3. The molecule has 0 spiro atoms. The number of nitrogens with one attached hydrogen (secondary N) is 11. The molecule has 0 atom stereocenters. The molecule has 0 aliphatic rings. The van der Waals surface area contributed by atoms with Gasteiger partial charge in [-0.25, -0.2) is 24.6 Å². The number of aliphatic carboxylic acids is 1. The minimum atomic E-state index is -0.998. The Balaban J connectivity index is 0.663. The van der Waals surface area contributed by atoms with Crippen molar-refractivity contribution in [3.8, 4) is 0 Å². The first-order valence-corrected chi connectivity index (χ1v) is 31.3. The molecule has 0 aromatic carbocycles. The molecule has 12 N–H and O–H groups in total. The molecule has 0 saturated heterocycles. The summed E-state index contributed by atoms with van der Waals surface area (Å²) in [4.78, 5) is 170. The molecule has 0 aliphatic heterocycles. The average Bonchev–Trinajstić information content (AvgIpc) is 1.69. The van der Waals surface area contributed by atoms with E-state index in [9.17, 15) is 57.5 Å². The molecule has 8 heterocycles. The van der Waals surface area contributed by atoms with Crippen LogP contribution in [-0.2, 0) is 95.7 Å². The van der Waals surface area contributed by atoms with Gasteiger partial charge in [0.25, 0.3) is 41.4 Å². The molecule has 0 radical (unpaired) electrons. The van der Waals surface area contributed by atoms with Crippen molar-refractivity contribution in [1.29, 1.82) is 0 Å². The Hall–Kier alpha value is -12.6. The number of carboxylic acids is 1. The summed E-state index contributed by atoms with van der Waals surface area (Å²) in [5.41, 5.74) is 1.84. The monoisotopic (exact) mass is 1400 g/mol. The van der Waals surface area contributed by atoms with Crippen LogP contribution in [0.15, 0.2) is 74.0 Å². The summed E-state index contributed by atoms with van der Waals surface area (Å²) in [7, 11) is 11.1. The van der Waals surface area contributed by atoms with Gasteiger partial charge < -0.3 is 105 Å². The second-order valence-electron chi connectivity index (χ2n) is 22.7. The highest BCUT2D eigenvalue weighted by molar-refractivity contribution is 6.06. The van der Waals surface area contributed by atoms with Crippen LogP contribution in [0.3, 0.4) is 0 Å². The van der Waals surface area contributed by atoms with Gasteiger partial charge in [-0.15, -0.1) is 5.10 Å². The standard InChI is InChI=1S/C61H77N25O15/c1-79-19-17-63-51(79)60(98)69-37-26-41(81(3)30-37)56(94)65-15-12-49(90)72-44-34-85(7)54(74-44)61(99)70-38-27-40(80(2)31-38)55(93)64-13-8-9-47(88)71-43-33-83(5)52(73-43)58(96)67-16-11-48(89)68-36-25-42(82(4)29-36)57(95)76-45-35-84(6)53(75-45)59(97)66-14-10-46(87)62-18-21-100-23-24-101-22-20-86-32-39(77-78-86)28-50(91)92/h17,19,25-27,29-35H,8-16,18,20-24,28H2,1-7H3,(H,62,87)(H,64,93)(H,65,94)(H,66,97)(H,67,96)(H,68,89)(H,69,98)(H,70,99)(H,71,88)(H,72,90)(H,76,95)(H,91,92). The van der Waals surface area contributed by atoms with Gasteiger partial charge in [-0.1, -0.05) is 5.21 Å². The molecular weight excluding hydrogens is 1320 g/mol. The van der Waals surface area contributed by atoms with Crippen LogP contribution in [0.1, 0.15) is 112 Å². The van der Waals surface area contributed by atoms with E-state index in [0.717, 1.165) is 0 Å². The van der Waals surface area contributed by atoms with Crippen molar-refractivity contribution >= 4 is 105 Å². The van der Waals surface area contributed by atoms with E-state index >= 15 is 0 Å². The quantitative estimate of drug-likeness (QED) is 0.0213. The Morgan fingerprint density at radius 2 is 0.851 bits per heavy atom. The van der Waals surface area contributed by atoms with Crippen molar-refractivity contribution in [1.82, 2.24) is 93.5 Å². The molecular formula is C61H77N25O15. The topological polar surface area (TPSA) is 493 Å². The number of ether oxygens (including phenoxy) is 2. The van der Waals surface area contributed by atoms with E-state index in [1.165, 1.54) is 93.7 Å². The van der Waals surface area contributed by atoms with Crippen LogP contribution < -0.4 is 58.5 Å². The molecule has 0 fully saturated rings. The summed E-state index contributed by atoms with van der Waals surface area (Å²) < 4.78 is 22.7. The number of carbonyl (C=O) groups excluding carboxylic acids is 11. The van der Waals surface area contributed by atoms with Crippen LogP contribution in [0.2, 0.25) is 0 Å². The van der Waals surface area contributed by atoms with Crippen molar-refractivity contribution in [3.63, 3.8) is 0 Å². The molecule has 40 heteroatoms. The maximum Gasteiger partial charge on any atom is 0.309 e. The van der Waals surface area contributed by atoms with E-state index in [-0.39, 0.29) is 160 Å². The second-order valence-corrected chi connectivity index (χ2v) is 22.7. The van der Waals surface area contributed by atoms with Gasteiger partial charge in [0.05, 0.1) is 62.1 Å². The maximum atomic E-state index is 13.3. The number of aromatic nitrogens is 14. The van der Waals surface area contributed by atoms with E-state index in [1.807, 2.05) is 0 Å². The predicted molar refractivity (Wildman–Crippen MR) is 357 cm³/mol. The summed E-state index contributed by atoms with van der Waals surface area (Å²) >= 11 is 0. The first-order valence-electron chi connectivity index (χ1n) is 31.3. The van der Waals surface area contributed by atoms with E-state index in [4.69, 9.17) is 14.6 Å². The SMILES string of the molecule is Cn1cc(NC(=O)c2nc(NC(=O)CCNC(=O)c3cc(NC(=O)c4nccn4C)cn3C)cn2C)cc1C(=O)NCCCC(=O)Nc1cn(C)c(C(=O)NCCC(=O)Nc2cc(C(=O)Nc3cn(C)c(C(=O)NCCC(=O)NCCOCCOCCn4cc(CC(=O)O)nn4)n3)n(C)c2)n1. The van der Waals surface area contributed by atoms with Crippen LogP contribution in [0.4, 0.5) is 34.5 Å². The minimum absolute atomic E-state index is 0.000345. The zero-order valence-corrected chi connectivity index (χ0v) is 56.2. The van der Waals surface area contributed by atoms with Crippen LogP contribution in [0.5, 0.6) is 0 Å². The van der Waals surface area contributed by atoms with E-state index in [1.54, 1.807) is 66.3 Å². The fourth-order valence-electron chi connectivity index (χ4n) is 9.74. The van der Waals surface area contributed by atoms with E-state index in [2.05, 4.69) is 88.7 Å². The lowest BCUT2D eigenvalue weighted by Crippen LogP contribution is -2.33. The predicted octanol–water partition coefficient (Wildman–Crippen LogP) is -0.753. The smallest absolute Gasteiger partial charge is 0.309 e. The average molecular weight is 1400 g/mol. The normalized spacial score (nSPS) is 11.0. The lowest BCUT2D eigenvalue weighted by molar-refractivity contribution is -0.136. The van der Waals surface area contributed by atoms with Gasteiger partial charge in [-0.05, 0) is 24.6 Å². The third kappa shape index (κ3) is 21.7. The molecule has 0 bridgehead atoms. The largest absolute Gasteiger partial charge is 0.481 e. The Morgan fingerprint density at radius 3 is 1.38 bits per heavy atom. The van der Waals surface area contributed by atoms with Crippen molar-refractivity contribution in [2.75, 3.05) is 91.1 Å². The number of imidazole rings is 4. The van der Waals surface area contributed by atoms with Gasteiger partial charge in [-0.3, -0.25) is 57.5 Å². The van der Waals surface area contributed by atoms with Gasteiger partial charge in [-0.2, -0.15) is 0 Å². The maximum absolute atomic E-state index is 13.3. The number of carboxylic acid groups (broad SMARTS) is 1. The number of anilines is 6. The first kappa shape index (κ1) is 74.2. The van der Waals surface area contributed by atoms with Crippen LogP contribution >= 0.6 is 0 Å². The van der Waals surface area contributed by atoms with Crippen LogP contribution in [0, 0.1) is 0 Å². The second kappa shape index (κ2) is 35.1. The highest BCUT2D eigenvalue weighted by Crippen LogP contribution is 2.19. The van der Waals surface area contributed by atoms with Crippen LogP contribution in [-0.4, -0.2) is 202 Å². The fraction of sp³-hybridized carbons (Fsp3) is 0.377. The zero-order valence-electron chi connectivity index (χ0n) is 56.2. The Bertz CT molecular complexity index is 4360. The number of aryl methyl sites for hydroxylation is 7. The third-order valence-electron chi connectivity index (χ3n) is 14.7. The molecule has 0 saturated carbocycles. The minimum Gasteiger partial charge on any atom is -0.481 e. The molecule has 8 aromatic rings. The summed E-state index contributed by atoms with van der Waals surface area (Å²) in [6, 6.07) is 4.37. The zero-order chi connectivity index (χ0) is 72.9. The van der Waals surface area contributed by atoms with Gasteiger partial charge in [0, 0.05) is 164 Å². The third-order valence-corrected chi connectivity index (χ3v) is 14.7. The number of amides is 11. The van der Waals surface area contributed by atoms with Crippen molar-refractivity contribution < 1.29 is 72.1 Å². The molecule has 8 aromatic heterocycles. The Kier molecular flexibility index (Phi) is 25.7. The summed E-state index contributed by atoms with van der Waals surface area (Å²) in [5, 5.41) is 45.7. The summed E-state index contributed by atoms with van der Waals surface area (Å²) in [6.07, 6.45) is 13.2. The van der Waals surface area contributed by atoms with E-state index < -0.39 is 65.0 Å². The highest BCUT2D eigenvalue weighted by atomic mass is 16.5. The van der Waals surface area contributed by atoms with Crippen molar-refractivity contribution in [2.45, 2.75) is 45.1 Å². The molecule has 11 amide bonds. The Labute approximate surface area is 574 Å². The molecule has 40 nitrogen and oxygen atoms in total. The molecule has 0 aliphatic carbocycles. The number of hydrogen-bond acceptors (Lipinski definition) is 20. The molecule has 0 unspecified atom stereocenters. The summed E-state index contributed by atoms with van der Waals surface area (Å²) in [6.45, 7) is 1.69. The number of carbonyl (C=O) groups is 12. The lowest BCUT2D eigenvalue weighted by Gasteiger charge is -2.08. The number of hydrogen-bond donors (Lipinski definition) is 12. The molecule has 8 rings (SSSR count). The number of nitrogens with zero attached hydrogens (tertiary/aromatic N) is 14. The van der Waals surface area contributed by atoms with Gasteiger partial charge >= 0.3 is 5.97 Å². The number of rotatable bonds is 37. The van der Waals surface area contributed by atoms with Crippen molar-refractivity contribution in [2.24, 2.45) is 49.3 Å². The van der Waals surface area contributed by atoms with Gasteiger partial charge in [0.2, 0.25) is 41.1 Å². The summed E-state index contributed by atoms with van der Waals surface area (Å²) in [5.74, 6) is -6.36. The van der Waals surface area contributed by atoms with Crippen LogP contribution in [0.25, 0.3) is 0 Å². The Morgan fingerprint density at radius 1 is 0.406 bits per heavy atom. The van der Waals surface area contributed by atoms with Gasteiger partial charge in [0.15, 0.2) is 23.3 Å².